The molecule has 1 amide bonds. The van der Waals surface area contributed by atoms with E-state index >= 15 is 0 Å². The molecule has 5 rings (SSSR count). The second-order valence-corrected chi connectivity index (χ2v) is 10.6. The van der Waals surface area contributed by atoms with Crippen molar-refractivity contribution in [1.82, 2.24) is 29.5 Å². The van der Waals surface area contributed by atoms with E-state index in [1.807, 2.05) is 18.1 Å². The molecule has 0 unspecified atom stereocenters. The number of aryl methyl sites for hydroxylation is 1. The molecule has 3 aromatic rings. The Morgan fingerprint density at radius 2 is 1.69 bits per heavy atom. The van der Waals surface area contributed by atoms with E-state index in [1.54, 1.807) is 29.9 Å². The van der Waals surface area contributed by atoms with Crippen LogP contribution >= 0.6 is 0 Å². The maximum absolute atomic E-state index is 12.9. The van der Waals surface area contributed by atoms with Crippen LogP contribution in [-0.2, 0) is 11.8 Å². The number of hydrogen-bond donors (Lipinski definition) is 3. The molecular formula is C29H36N8O5. The van der Waals surface area contributed by atoms with Gasteiger partial charge in [-0.3, -0.25) is 14.4 Å². The summed E-state index contributed by atoms with van der Waals surface area (Å²) in [4.78, 5) is 49.8. The summed E-state index contributed by atoms with van der Waals surface area (Å²) in [5.41, 5.74) is 1.71. The SMILES string of the molecule is CCOC(=O)c1cnc(Nc2cnn(C)c2)nc1NC1CCC(N2CCN(C(=O)c3ccc(C(=O)O)cc3)CC2)CC1. The van der Waals surface area contributed by atoms with Crippen molar-refractivity contribution in [3.8, 4) is 0 Å². The highest BCUT2D eigenvalue weighted by molar-refractivity contribution is 5.96. The first-order chi connectivity index (χ1) is 20.3. The van der Waals surface area contributed by atoms with Crippen LogP contribution in [0.15, 0.2) is 42.9 Å². The van der Waals surface area contributed by atoms with Gasteiger partial charge in [0.2, 0.25) is 5.95 Å². The summed E-state index contributed by atoms with van der Waals surface area (Å²) in [5.74, 6) is -0.739. The lowest BCUT2D eigenvalue weighted by Gasteiger charge is -2.42. The van der Waals surface area contributed by atoms with Crippen molar-refractivity contribution in [3.63, 3.8) is 0 Å². The number of aromatic carboxylic acids is 1. The lowest BCUT2D eigenvalue weighted by atomic mass is 9.89. The number of nitrogens with one attached hydrogen (secondary N) is 2. The van der Waals surface area contributed by atoms with Gasteiger partial charge in [0.25, 0.3) is 5.91 Å². The molecule has 0 atom stereocenters. The fourth-order valence-corrected chi connectivity index (χ4v) is 5.53. The van der Waals surface area contributed by atoms with Crippen LogP contribution < -0.4 is 10.6 Å². The first-order valence-electron chi connectivity index (χ1n) is 14.2. The normalized spacial score (nSPS) is 19.2. The molecule has 1 aliphatic carbocycles. The number of ether oxygens (including phenoxy) is 1. The van der Waals surface area contributed by atoms with Crippen molar-refractivity contribution in [3.05, 3.63) is 59.5 Å². The van der Waals surface area contributed by atoms with Gasteiger partial charge in [-0.1, -0.05) is 0 Å². The Kier molecular flexibility index (Phi) is 8.96. The minimum atomic E-state index is -1.01. The minimum Gasteiger partial charge on any atom is -0.478 e. The molecule has 222 valence electrons. The molecule has 1 aliphatic heterocycles. The Bertz CT molecular complexity index is 1410. The quantitative estimate of drug-likeness (QED) is 0.322. The van der Waals surface area contributed by atoms with Crippen molar-refractivity contribution in [2.45, 2.75) is 44.7 Å². The van der Waals surface area contributed by atoms with Crippen LogP contribution in [0, 0.1) is 0 Å². The summed E-state index contributed by atoms with van der Waals surface area (Å²) in [5, 5.41) is 19.8. The topological polar surface area (TPSA) is 155 Å². The molecule has 1 saturated heterocycles. The van der Waals surface area contributed by atoms with E-state index in [9.17, 15) is 14.4 Å². The molecule has 3 N–H and O–H groups in total. The van der Waals surface area contributed by atoms with Crippen LogP contribution in [0.2, 0.25) is 0 Å². The van der Waals surface area contributed by atoms with E-state index in [-0.39, 0.29) is 24.1 Å². The van der Waals surface area contributed by atoms with Crippen LogP contribution in [0.1, 0.15) is 63.7 Å². The largest absolute Gasteiger partial charge is 0.478 e. The Morgan fingerprint density at radius 1 is 1.00 bits per heavy atom. The molecule has 0 spiro atoms. The number of carboxylic acid groups (broad SMARTS) is 1. The van der Waals surface area contributed by atoms with Crippen LogP contribution in [0.4, 0.5) is 17.5 Å². The van der Waals surface area contributed by atoms with Gasteiger partial charge in [-0.2, -0.15) is 10.1 Å². The fraction of sp³-hybridized carbons (Fsp3) is 0.448. The van der Waals surface area contributed by atoms with E-state index < -0.39 is 11.9 Å². The van der Waals surface area contributed by atoms with Gasteiger partial charge < -0.3 is 25.4 Å². The number of aromatic nitrogens is 4. The zero-order chi connectivity index (χ0) is 29.6. The van der Waals surface area contributed by atoms with Gasteiger partial charge in [0, 0.05) is 63.3 Å². The third-order valence-electron chi connectivity index (χ3n) is 7.78. The second-order valence-electron chi connectivity index (χ2n) is 10.6. The predicted molar refractivity (Wildman–Crippen MR) is 155 cm³/mol. The molecule has 13 nitrogen and oxygen atoms in total. The number of amides is 1. The highest BCUT2D eigenvalue weighted by Crippen LogP contribution is 2.28. The van der Waals surface area contributed by atoms with E-state index in [0.717, 1.165) is 44.5 Å². The van der Waals surface area contributed by atoms with Crippen molar-refractivity contribution in [2.24, 2.45) is 7.05 Å². The standard InChI is InChI=1S/C29H36N8O5/c1-3-42-28(41)24-17-30-29(33-22-16-31-35(2)18-22)34-25(24)32-21-8-10-23(11-9-21)36-12-14-37(15-13-36)26(38)19-4-6-20(7-5-19)27(39)40/h4-7,16-18,21,23H,3,8-15H2,1-2H3,(H,39,40)(H2,30,32,33,34). The Labute approximate surface area is 243 Å². The van der Waals surface area contributed by atoms with Gasteiger partial charge in [-0.15, -0.1) is 0 Å². The van der Waals surface area contributed by atoms with Crippen molar-refractivity contribution in [2.75, 3.05) is 43.4 Å². The lowest BCUT2D eigenvalue weighted by molar-refractivity contribution is 0.0517. The number of rotatable bonds is 9. The van der Waals surface area contributed by atoms with Crippen LogP contribution in [-0.4, -0.2) is 97.4 Å². The maximum Gasteiger partial charge on any atom is 0.343 e. The smallest absolute Gasteiger partial charge is 0.343 e. The summed E-state index contributed by atoms with van der Waals surface area (Å²) in [7, 11) is 1.82. The maximum atomic E-state index is 12.9. The van der Waals surface area contributed by atoms with E-state index in [2.05, 4.69) is 30.6 Å². The minimum absolute atomic E-state index is 0.0702. The summed E-state index contributed by atoms with van der Waals surface area (Å²) < 4.78 is 6.91. The first-order valence-corrected chi connectivity index (χ1v) is 14.2. The number of esters is 1. The number of anilines is 3. The molecule has 3 heterocycles. The molecule has 42 heavy (non-hydrogen) atoms. The fourth-order valence-electron chi connectivity index (χ4n) is 5.53. The molecule has 2 aromatic heterocycles. The highest BCUT2D eigenvalue weighted by Gasteiger charge is 2.31. The third-order valence-corrected chi connectivity index (χ3v) is 7.78. The van der Waals surface area contributed by atoms with Crippen molar-refractivity contribution < 1.29 is 24.2 Å². The summed E-state index contributed by atoms with van der Waals surface area (Å²) in [6, 6.07) is 6.66. The van der Waals surface area contributed by atoms with Gasteiger partial charge in [-0.25, -0.2) is 14.6 Å². The summed E-state index contributed by atoms with van der Waals surface area (Å²) in [6.07, 6.45) is 8.77. The third kappa shape index (κ3) is 6.85. The number of nitrogens with zero attached hydrogens (tertiary/aromatic N) is 6. The molecule has 13 heteroatoms. The van der Waals surface area contributed by atoms with Crippen LogP contribution in [0.5, 0.6) is 0 Å². The number of carboxylic acids is 1. The Morgan fingerprint density at radius 3 is 2.31 bits per heavy atom. The van der Waals surface area contributed by atoms with E-state index in [1.165, 1.54) is 18.3 Å². The average molecular weight is 577 g/mol. The van der Waals surface area contributed by atoms with Crippen molar-refractivity contribution >= 4 is 35.3 Å². The summed E-state index contributed by atoms with van der Waals surface area (Å²) >= 11 is 0. The second kappa shape index (κ2) is 13.0. The molecule has 2 aliphatic rings. The monoisotopic (exact) mass is 576 g/mol. The zero-order valence-electron chi connectivity index (χ0n) is 23.8. The van der Waals surface area contributed by atoms with Gasteiger partial charge in [0.1, 0.15) is 11.4 Å². The number of carbonyl (C=O) groups excluding carboxylic acids is 2. The lowest BCUT2D eigenvalue weighted by Crippen LogP contribution is -2.53. The van der Waals surface area contributed by atoms with Gasteiger partial charge >= 0.3 is 11.9 Å². The van der Waals surface area contributed by atoms with Gasteiger partial charge in [0.05, 0.1) is 24.1 Å². The van der Waals surface area contributed by atoms with Crippen LogP contribution in [0.25, 0.3) is 0 Å². The Balaban J connectivity index is 1.15. The molecule has 1 aromatic carbocycles. The Hall–Kier alpha value is -4.52. The van der Waals surface area contributed by atoms with Crippen LogP contribution in [0.3, 0.4) is 0 Å². The van der Waals surface area contributed by atoms with E-state index in [4.69, 9.17) is 9.84 Å². The molecule has 0 bridgehead atoms. The predicted octanol–water partition coefficient (Wildman–Crippen LogP) is 3.01. The van der Waals surface area contributed by atoms with Gasteiger partial charge in [0.15, 0.2) is 0 Å². The summed E-state index contributed by atoms with van der Waals surface area (Å²) in [6.45, 7) is 4.88. The van der Waals surface area contributed by atoms with E-state index in [0.29, 0.717) is 42.0 Å². The number of piperazine rings is 1. The number of hydrogen-bond acceptors (Lipinski definition) is 10. The molecular weight excluding hydrogens is 540 g/mol. The van der Waals surface area contributed by atoms with Crippen molar-refractivity contribution in [1.29, 1.82) is 0 Å². The molecule has 0 radical (unpaired) electrons. The number of benzene rings is 1. The zero-order valence-corrected chi connectivity index (χ0v) is 23.8. The number of carbonyl (C=O) groups is 3. The highest BCUT2D eigenvalue weighted by atomic mass is 16.5. The molecule has 2 fully saturated rings. The molecule has 1 saturated carbocycles. The average Bonchev–Trinajstić information content (AvgIpc) is 3.41. The first kappa shape index (κ1) is 29.0. The van der Waals surface area contributed by atoms with Gasteiger partial charge in [-0.05, 0) is 56.9 Å².